The van der Waals surface area contributed by atoms with Crippen molar-refractivity contribution >= 4 is 51.7 Å². The van der Waals surface area contributed by atoms with Gasteiger partial charge >= 0.3 is 11.8 Å². The second-order valence-corrected chi connectivity index (χ2v) is 11.5. The fraction of sp³-hybridized carbons (Fsp3) is 0.391. The summed E-state index contributed by atoms with van der Waals surface area (Å²) in [5, 5.41) is 2.91. The highest BCUT2D eigenvalue weighted by Gasteiger charge is 2.39. The van der Waals surface area contributed by atoms with E-state index in [4.69, 9.17) is 25.7 Å². The number of thioether (sulfide) groups is 1. The molecule has 1 saturated heterocycles. The highest BCUT2D eigenvalue weighted by Crippen LogP contribution is 2.49. The molecule has 0 aliphatic carbocycles. The average Bonchev–Trinajstić information content (AvgIpc) is 3.63. The highest BCUT2D eigenvalue weighted by atomic mass is 35.5. The number of carbonyl (C=O) groups is 1. The molecule has 0 aromatic carbocycles. The van der Waals surface area contributed by atoms with Crippen molar-refractivity contribution < 1.29 is 13.9 Å². The van der Waals surface area contributed by atoms with Crippen LogP contribution in [0.4, 0.5) is 4.79 Å². The van der Waals surface area contributed by atoms with Crippen LogP contribution in [0, 0.1) is 6.92 Å². The van der Waals surface area contributed by atoms with Crippen LogP contribution in [-0.4, -0.2) is 54.6 Å². The van der Waals surface area contributed by atoms with Gasteiger partial charge in [-0.3, -0.25) is 13.9 Å². The third kappa shape index (κ3) is 3.53. The summed E-state index contributed by atoms with van der Waals surface area (Å²) >= 11 is 9.23. The molecular formula is C23H22ClN5O5S2. The number of rotatable bonds is 4. The predicted octanol–water partition coefficient (Wildman–Crippen LogP) is 3.37. The lowest BCUT2D eigenvalue weighted by Gasteiger charge is -2.32. The number of fused-ring (bicyclic) bond motifs is 3. The third-order valence-corrected chi connectivity index (χ3v) is 9.19. The topological polar surface area (TPSA) is 104 Å². The number of ether oxygens (including phenoxy) is 1. The van der Waals surface area contributed by atoms with Crippen LogP contribution in [0.15, 0.2) is 31.5 Å². The molecule has 0 N–H and O–H groups in total. The highest BCUT2D eigenvalue weighted by molar-refractivity contribution is 8.00. The van der Waals surface area contributed by atoms with Crippen LogP contribution < -0.4 is 11.2 Å². The first-order valence-corrected chi connectivity index (χ1v) is 13.5. The third-order valence-electron chi connectivity index (χ3n) is 6.61. The second-order valence-electron chi connectivity index (χ2n) is 8.91. The molecule has 2 aliphatic rings. The maximum absolute atomic E-state index is 13.6. The zero-order chi connectivity index (χ0) is 25.3. The van der Waals surface area contributed by atoms with E-state index < -0.39 is 5.69 Å². The van der Waals surface area contributed by atoms with Gasteiger partial charge in [-0.05, 0) is 30.7 Å². The Morgan fingerprint density at radius 2 is 2.00 bits per heavy atom. The van der Waals surface area contributed by atoms with Gasteiger partial charge in [0.05, 0.1) is 28.8 Å². The number of aromatic nitrogens is 4. The lowest BCUT2D eigenvalue weighted by molar-refractivity contribution is 0.158. The molecule has 36 heavy (non-hydrogen) atoms. The fourth-order valence-corrected chi connectivity index (χ4v) is 7.52. The van der Waals surface area contributed by atoms with Crippen molar-refractivity contribution in [3.05, 3.63) is 60.7 Å². The number of furan rings is 1. The normalized spacial score (nSPS) is 19.8. The molecule has 2 atom stereocenters. The SMILES string of the molecule is Cc1csc(-c2c3c(=O)n(C)c(=O)n(C)c3c3n2CC(CN2CCOC2=O)SC3c2ccc(Cl)o2)n1. The molecule has 4 aromatic heterocycles. The summed E-state index contributed by atoms with van der Waals surface area (Å²) < 4.78 is 15.7. The Balaban J connectivity index is 1.65. The maximum atomic E-state index is 13.6. The van der Waals surface area contributed by atoms with E-state index in [0.29, 0.717) is 53.6 Å². The van der Waals surface area contributed by atoms with E-state index in [2.05, 4.69) is 4.57 Å². The maximum Gasteiger partial charge on any atom is 0.409 e. The van der Waals surface area contributed by atoms with E-state index in [1.165, 1.54) is 23.0 Å². The van der Waals surface area contributed by atoms with Crippen molar-refractivity contribution in [2.75, 3.05) is 19.7 Å². The molecule has 2 unspecified atom stereocenters. The molecule has 0 spiro atoms. The van der Waals surface area contributed by atoms with Gasteiger partial charge in [-0.1, -0.05) is 0 Å². The Morgan fingerprint density at radius 3 is 2.64 bits per heavy atom. The van der Waals surface area contributed by atoms with Crippen LogP contribution in [0.2, 0.25) is 5.22 Å². The molecule has 4 aromatic rings. The monoisotopic (exact) mass is 547 g/mol. The van der Waals surface area contributed by atoms with Gasteiger partial charge in [0.25, 0.3) is 5.56 Å². The molecule has 2 aliphatic heterocycles. The minimum Gasteiger partial charge on any atom is -0.448 e. The smallest absolute Gasteiger partial charge is 0.409 e. The molecule has 13 heteroatoms. The quantitative estimate of drug-likeness (QED) is 0.386. The number of amides is 1. The Kier molecular flexibility index (Phi) is 5.58. The van der Waals surface area contributed by atoms with Crippen LogP contribution in [0.3, 0.4) is 0 Å². The first-order chi connectivity index (χ1) is 17.2. The van der Waals surface area contributed by atoms with Crippen molar-refractivity contribution in [2.45, 2.75) is 24.0 Å². The molecule has 0 bridgehead atoms. The number of hydrogen-bond donors (Lipinski definition) is 0. The fourth-order valence-electron chi connectivity index (χ4n) is 4.99. The first-order valence-electron chi connectivity index (χ1n) is 11.3. The van der Waals surface area contributed by atoms with E-state index in [9.17, 15) is 14.4 Å². The predicted molar refractivity (Wildman–Crippen MR) is 138 cm³/mol. The van der Waals surface area contributed by atoms with Gasteiger partial charge < -0.3 is 18.6 Å². The molecular weight excluding hydrogens is 526 g/mol. The summed E-state index contributed by atoms with van der Waals surface area (Å²) in [5.74, 6) is 0.606. The first kappa shape index (κ1) is 23.4. The van der Waals surface area contributed by atoms with Crippen LogP contribution in [0.5, 0.6) is 0 Å². The lowest BCUT2D eigenvalue weighted by atomic mass is 10.2. The summed E-state index contributed by atoms with van der Waals surface area (Å²) in [7, 11) is 3.16. The molecule has 0 radical (unpaired) electrons. The number of aryl methyl sites for hydroxylation is 2. The number of thiazole rings is 1. The minimum atomic E-state index is -0.411. The number of halogens is 1. The number of hydrogen-bond acceptors (Lipinski definition) is 8. The minimum absolute atomic E-state index is 0.0421. The lowest BCUT2D eigenvalue weighted by Crippen LogP contribution is -2.37. The van der Waals surface area contributed by atoms with Crippen molar-refractivity contribution in [3.8, 4) is 10.7 Å². The Labute approximate surface area is 218 Å². The molecule has 6 heterocycles. The van der Waals surface area contributed by atoms with Crippen molar-refractivity contribution in [1.82, 2.24) is 23.6 Å². The van der Waals surface area contributed by atoms with E-state index in [-0.39, 0.29) is 27.4 Å². The van der Waals surface area contributed by atoms with Gasteiger partial charge in [0.1, 0.15) is 22.6 Å². The van der Waals surface area contributed by atoms with E-state index in [0.717, 1.165) is 16.0 Å². The Hall–Kier alpha value is -2.96. The van der Waals surface area contributed by atoms with E-state index in [1.807, 2.05) is 18.4 Å². The molecule has 1 fully saturated rings. The molecule has 10 nitrogen and oxygen atoms in total. The summed E-state index contributed by atoms with van der Waals surface area (Å²) in [4.78, 5) is 45.2. The molecule has 0 saturated carbocycles. The van der Waals surface area contributed by atoms with Gasteiger partial charge in [0.15, 0.2) is 5.22 Å². The summed E-state index contributed by atoms with van der Waals surface area (Å²) in [6.45, 7) is 3.78. The summed E-state index contributed by atoms with van der Waals surface area (Å²) in [6.07, 6.45) is -0.330. The van der Waals surface area contributed by atoms with Crippen LogP contribution in [0.25, 0.3) is 21.6 Å². The zero-order valence-corrected chi connectivity index (χ0v) is 22.1. The van der Waals surface area contributed by atoms with Crippen LogP contribution in [0.1, 0.15) is 22.4 Å². The number of cyclic esters (lactones) is 1. The van der Waals surface area contributed by atoms with E-state index >= 15 is 0 Å². The largest absolute Gasteiger partial charge is 0.448 e. The number of nitrogens with zero attached hydrogens (tertiary/aromatic N) is 5. The standard InChI is InChI=1S/C23H22ClN5O5S2/c1-11-10-35-20(25-11)17-15-16(26(2)22(31)27(3)21(15)30)18-19(13-4-5-14(24)34-13)36-12(9-29(17)18)8-28-6-7-33-23(28)32/h4-5,10,12,19H,6-9H2,1-3H3. The van der Waals surface area contributed by atoms with Gasteiger partial charge in [-0.15, -0.1) is 23.1 Å². The van der Waals surface area contributed by atoms with Crippen molar-refractivity contribution in [1.29, 1.82) is 0 Å². The van der Waals surface area contributed by atoms with Crippen molar-refractivity contribution in [3.63, 3.8) is 0 Å². The zero-order valence-electron chi connectivity index (χ0n) is 19.7. The van der Waals surface area contributed by atoms with Crippen molar-refractivity contribution in [2.24, 2.45) is 14.1 Å². The van der Waals surface area contributed by atoms with Gasteiger partial charge in [0.2, 0.25) is 0 Å². The average molecular weight is 548 g/mol. The summed E-state index contributed by atoms with van der Waals surface area (Å²) in [6, 6.07) is 3.49. The van der Waals surface area contributed by atoms with Gasteiger partial charge in [-0.25, -0.2) is 14.6 Å². The van der Waals surface area contributed by atoms with Crippen LogP contribution >= 0.6 is 34.7 Å². The van der Waals surface area contributed by atoms with Crippen LogP contribution in [-0.2, 0) is 25.4 Å². The second kappa shape index (κ2) is 8.56. The Bertz CT molecular complexity index is 1650. The van der Waals surface area contributed by atoms with Gasteiger partial charge in [0, 0.05) is 43.5 Å². The van der Waals surface area contributed by atoms with E-state index in [1.54, 1.807) is 29.8 Å². The Morgan fingerprint density at radius 1 is 1.19 bits per heavy atom. The number of carbonyl (C=O) groups excluding carboxylic acids is 1. The van der Waals surface area contributed by atoms with Gasteiger partial charge in [-0.2, -0.15) is 0 Å². The molecule has 6 rings (SSSR count). The molecule has 188 valence electrons. The summed E-state index contributed by atoms with van der Waals surface area (Å²) in [5.41, 5.74) is 2.06. The molecule has 1 amide bonds.